The van der Waals surface area contributed by atoms with Gasteiger partial charge in [0.05, 0.1) is 10.8 Å². The van der Waals surface area contributed by atoms with Crippen molar-refractivity contribution in [3.63, 3.8) is 0 Å². The summed E-state index contributed by atoms with van der Waals surface area (Å²) in [5.74, 6) is 0.714. The van der Waals surface area contributed by atoms with E-state index < -0.39 is 0 Å². The zero-order chi connectivity index (χ0) is 21.1. The van der Waals surface area contributed by atoms with E-state index in [0.717, 1.165) is 34.1 Å². The minimum atomic E-state index is -0.383. The molecule has 7 heteroatoms. The van der Waals surface area contributed by atoms with E-state index in [1.807, 2.05) is 55.6 Å². The number of amides is 1. The molecule has 30 heavy (non-hydrogen) atoms. The second kappa shape index (κ2) is 8.75. The molecule has 2 unspecified atom stereocenters. The highest BCUT2D eigenvalue weighted by Gasteiger charge is 2.21. The van der Waals surface area contributed by atoms with Crippen molar-refractivity contribution >= 4 is 34.3 Å². The molecule has 2 atom stereocenters. The molecule has 2 heterocycles. The predicted molar refractivity (Wildman–Crippen MR) is 121 cm³/mol. The zero-order valence-electron chi connectivity index (χ0n) is 17.2. The topological polar surface area (TPSA) is 83.8 Å². The van der Waals surface area contributed by atoms with E-state index in [2.05, 4.69) is 40.4 Å². The second-order valence-electron chi connectivity index (χ2n) is 7.27. The summed E-state index contributed by atoms with van der Waals surface area (Å²) in [6.45, 7) is 6.14. The van der Waals surface area contributed by atoms with Crippen molar-refractivity contribution in [1.29, 1.82) is 0 Å². The summed E-state index contributed by atoms with van der Waals surface area (Å²) < 4.78 is 5.83. The number of fused-ring (bicyclic) bond motifs is 1. The van der Waals surface area contributed by atoms with E-state index in [1.165, 1.54) is 11.8 Å². The predicted octanol–water partition coefficient (Wildman–Crippen LogP) is 5.85. The van der Waals surface area contributed by atoms with E-state index in [4.69, 9.17) is 4.42 Å². The van der Waals surface area contributed by atoms with Crippen LogP contribution in [-0.4, -0.2) is 26.3 Å². The van der Waals surface area contributed by atoms with Crippen molar-refractivity contribution in [3.05, 3.63) is 60.3 Å². The third kappa shape index (κ3) is 4.11. The molecule has 0 aliphatic carbocycles. The fourth-order valence-electron chi connectivity index (χ4n) is 3.31. The number of aromatic amines is 1. The van der Waals surface area contributed by atoms with Crippen LogP contribution < -0.4 is 5.32 Å². The first-order valence-corrected chi connectivity index (χ1v) is 10.9. The molecule has 0 bridgehead atoms. The summed E-state index contributed by atoms with van der Waals surface area (Å²) in [4.78, 5) is 16.0. The molecule has 2 aromatic carbocycles. The summed E-state index contributed by atoms with van der Waals surface area (Å²) in [6.07, 6.45) is 2.87. The number of hydrogen-bond acceptors (Lipinski definition) is 5. The summed E-state index contributed by atoms with van der Waals surface area (Å²) in [6, 6.07) is 15.9. The number of carbonyl (C=O) groups excluding carboxylic acids is 1. The molecule has 0 spiro atoms. The summed E-state index contributed by atoms with van der Waals surface area (Å²) in [7, 11) is 0. The molecule has 0 aliphatic heterocycles. The Kier molecular flexibility index (Phi) is 5.90. The van der Waals surface area contributed by atoms with E-state index in [-0.39, 0.29) is 11.2 Å². The third-order valence-corrected chi connectivity index (χ3v) is 6.17. The number of rotatable bonds is 7. The van der Waals surface area contributed by atoms with Crippen LogP contribution in [0.15, 0.2) is 64.4 Å². The number of aromatic nitrogens is 3. The molecule has 4 rings (SSSR count). The molecule has 0 saturated carbocycles. The van der Waals surface area contributed by atoms with Gasteiger partial charge >= 0.3 is 0 Å². The van der Waals surface area contributed by atoms with Gasteiger partial charge in [-0.25, -0.2) is 0 Å². The maximum Gasteiger partial charge on any atom is 0.277 e. The fraction of sp³-hybridized carbons (Fsp3) is 0.261. The number of nitrogens with one attached hydrogen (secondary N) is 2. The molecule has 6 nitrogen and oxygen atoms in total. The van der Waals surface area contributed by atoms with Crippen molar-refractivity contribution in [2.75, 3.05) is 5.32 Å². The van der Waals surface area contributed by atoms with E-state index in [0.29, 0.717) is 17.0 Å². The normalized spacial score (nSPS) is 13.3. The van der Waals surface area contributed by atoms with Crippen LogP contribution in [0.3, 0.4) is 0 Å². The number of H-pyrrole nitrogens is 1. The van der Waals surface area contributed by atoms with Gasteiger partial charge in [0, 0.05) is 22.8 Å². The largest absolute Gasteiger partial charge is 0.411 e. The SMILES string of the molecule is CCC(C)c1ccccc1NC(=O)C(C)Sc1nnc(-c2c[nH]c3ccccc23)o1. The molecule has 4 aromatic rings. The smallest absolute Gasteiger partial charge is 0.277 e. The molecule has 0 aliphatic rings. The Morgan fingerprint density at radius 3 is 2.73 bits per heavy atom. The first kappa shape index (κ1) is 20.2. The molecule has 2 N–H and O–H groups in total. The molecule has 2 aromatic heterocycles. The number of para-hydroxylation sites is 2. The second-order valence-corrected chi connectivity index (χ2v) is 8.56. The molecule has 0 fully saturated rings. The van der Waals surface area contributed by atoms with Gasteiger partial charge < -0.3 is 14.7 Å². The standard InChI is InChI=1S/C23H24N4O2S/c1-4-14(2)16-9-5-8-12-20(16)25-21(28)15(3)30-23-27-26-22(29-23)18-13-24-19-11-7-6-10-17(18)19/h5-15,24H,4H2,1-3H3,(H,25,28). The summed E-state index contributed by atoms with van der Waals surface area (Å²) >= 11 is 1.25. The van der Waals surface area contributed by atoms with Gasteiger partial charge in [0.25, 0.3) is 11.1 Å². The van der Waals surface area contributed by atoms with E-state index >= 15 is 0 Å². The van der Waals surface area contributed by atoms with Crippen molar-refractivity contribution in [3.8, 4) is 11.5 Å². The lowest BCUT2D eigenvalue weighted by Gasteiger charge is -2.17. The van der Waals surface area contributed by atoms with Crippen LogP contribution in [-0.2, 0) is 4.79 Å². The summed E-state index contributed by atoms with van der Waals surface area (Å²) in [5, 5.41) is 12.3. The highest BCUT2D eigenvalue weighted by molar-refractivity contribution is 8.00. The van der Waals surface area contributed by atoms with Crippen LogP contribution in [0.1, 0.15) is 38.7 Å². The van der Waals surface area contributed by atoms with Crippen molar-refractivity contribution in [2.45, 2.75) is 43.6 Å². The molecular formula is C23H24N4O2S. The highest BCUT2D eigenvalue weighted by Crippen LogP contribution is 2.32. The van der Waals surface area contributed by atoms with Gasteiger partial charge in [0.2, 0.25) is 5.91 Å². The lowest BCUT2D eigenvalue weighted by atomic mass is 9.97. The Bertz CT molecular complexity index is 1170. The third-order valence-electron chi connectivity index (χ3n) is 5.23. The Morgan fingerprint density at radius 1 is 1.13 bits per heavy atom. The number of thioether (sulfide) groups is 1. The maximum absolute atomic E-state index is 12.8. The monoisotopic (exact) mass is 420 g/mol. The molecule has 0 saturated heterocycles. The first-order valence-electron chi connectivity index (χ1n) is 10.0. The number of benzene rings is 2. The van der Waals surface area contributed by atoms with Crippen LogP contribution in [0.4, 0.5) is 5.69 Å². The Labute approximate surface area is 179 Å². The number of carbonyl (C=O) groups is 1. The lowest BCUT2D eigenvalue weighted by Crippen LogP contribution is -2.23. The number of anilines is 1. The Hall–Kier alpha value is -3.06. The van der Waals surface area contributed by atoms with Gasteiger partial charge in [0.1, 0.15) is 0 Å². The van der Waals surface area contributed by atoms with Gasteiger partial charge in [-0.05, 0) is 37.0 Å². The van der Waals surface area contributed by atoms with Gasteiger partial charge in [-0.3, -0.25) is 4.79 Å². The van der Waals surface area contributed by atoms with Gasteiger partial charge in [0.15, 0.2) is 0 Å². The van der Waals surface area contributed by atoms with Crippen LogP contribution >= 0.6 is 11.8 Å². The molecule has 0 radical (unpaired) electrons. The minimum Gasteiger partial charge on any atom is -0.411 e. The van der Waals surface area contributed by atoms with Crippen molar-refractivity contribution < 1.29 is 9.21 Å². The number of hydrogen-bond donors (Lipinski definition) is 2. The van der Waals surface area contributed by atoms with Crippen LogP contribution in [0.2, 0.25) is 0 Å². The Morgan fingerprint density at radius 2 is 1.90 bits per heavy atom. The van der Waals surface area contributed by atoms with Gasteiger partial charge in [-0.1, -0.05) is 62.0 Å². The maximum atomic E-state index is 12.8. The molecule has 154 valence electrons. The average molecular weight is 421 g/mol. The van der Waals surface area contributed by atoms with Gasteiger partial charge in [-0.2, -0.15) is 0 Å². The highest BCUT2D eigenvalue weighted by atomic mass is 32.2. The minimum absolute atomic E-state index is 0.0948. The van der Waals surface area contributed by atoms with Crippen molar-refractivity contribution in [1.82, 2.24) is 15.2 Å². The molecule has 1 amide bonds. The lowest BCUT2D eigenvalue weighted by molar-refractivity contribution is -0.115. The first-order chi connectivity index (χ1) is 14.6. The van der Waals surface area contributed by atoms with Gasteiger partial charge in [-0.15, -0.1) is 10.2 Å². The van der Waals surface area contributed by atoms with Crippen LogP contribution in [0.25, 0.3) is 22.4 Å². The Balaban J connectivity index is 1.46. The quantitative estimate of drug-likeness (QED) is 0.366. The van der Waals surface area contributed by atoms with E-state index in [9.17, 15) is 4.79 Å². The van der Waals surface area contributed by atoms with E-state index in [1.54, 1.807) is 0 Å². The molecular weight excluding hydrogens is 396 g/mol. The average Bonchev–Trinajstić information content (AvgIpc) is 3.40. The fourth-order valence-corrected chi connectivity index (χ4v) is 4.00. The van der Waals surface area contributed by atoms with Crippen LogP contribution in [0.5, 0.6) is 0 Å². The zero-order valence-corrected chi connectivity index (χ0v) is 18.0. The summed E-state index contributed by atoms with van der Waals surface area (Å²) in [5.41, 5.74) is 3.86. The van der Waals surface area contributed by atoms with Crippen LogP contribution in [0, 0.1) is 0 Å². The van der Waals surface area contributed by atoms with Crippen molar-refractivity contribution in [2.24, 2.45) is 0 Å². The number of nitrogens with zero attached hydrogens (tertiary/aromatic N) is 2.